The van der Waals surface area contributed by atoms with Crippen LogP contribution in [0.15, 0.2) is 29.6 Å². The molecule has 112 valence electrons. The lowest BCUT2D eigenvalue weighted by molar-refractivity contribution is -0.135. The normalized spacial score (nSPS) is 22.4. The third kappa shape index (κ3) is 3.11. The van der Waals surface area contributed by atoms with Crippen LogP contribution in [-0.2, 0) is 11.3 Å². The van der Waals surface area contributed by atoms with Gasteiger partial charge in [0.25, 0.3) is 0 Å². The highest BCUT2D eigenvalue weighted by atomic mass is 32.1. The van der Waals surface area contributed by atoms with E-state index in [0.717, 1.165) is 25.7 Å². The molecular weight excluding hydrogens is 280 g/mol. The second-order valence-electron chi connectivity index (χ2n) is 6.08. The van der Waals surface area contributed by atoms with Gasteiger partial charge in [-0.1, -0.05) is 24.6 Å². The molecule has 0 aliphatic heterocycles. The number of thiophene rings is 1. The first kappa shape index (κ1) is 14.5. The summed E-state index contributed by atoms with van der Waals surface area (Å²) in [6.07, 6.45) is 3.96. The Balaban J connectivity index is 1.70. The molecule has 21 heavy (non-hydrogen) atoms. The largest absolute Gasteiger partial charge is 0.341 e. The standard InChI is InChI=1S/C17H22N2OS/c1-19(17(20)12-5-4-6-14(18)9-12)10-13-11-21-16-8-3-2-7-15(13)16/h2-3,7-8,11-12,14H,4-6,9-10,18H2,1H3. The Labute approximate surface area is 129 Å². The van der Waals surface area contributed by atoms with Crippen molar-refractivity contribution in [3.05, 3.63) is 35.2 Å². The molecule has 2 atom stereocenters. The maximum atomic E-state index is 12.6. The fourth-order valence-electron chi connectivity index (χ4n) is 3.25. The average molecular weight is 302 g/mol. The molecule has 1 aromatic carbocycles. The number of nitrogens with two attached hydrogens (primary N) is 1. The Bertz CT molecular complexity index is 637. The summed E-state index contributed by atoms with van der Waals surface area (Å²) in [5.74, 6) is 0.365. The molecule has 3 rings (SSSR count). The molecule has 3 nitrogen and oxygen atoms in total. The van der Waals surface area contributed by atoms with E-state index in [1.807, 2.05) is 11.9 Å². The molecule has 1 amide bonds. The van der Waals surface area contributed by atoms with E-state index in [-0.39, 0.29) is 17.9 Å². The van der Waals surface area contributed by atoms with Crippen LogP contribution in [-0.4, -0.2) is 23.9 Å². The molecule has 0 spiro atoms. The summed E-state index contributed by atoms with van der Waals surface area (Å²) >= 11 is 1.75. The third-order valence-corrected chi connectivity index (χ3v) is 5.42. The number of fused-ring (bicyclic) bond motifs is 1. The Morgan fingerprint density at radius 2 is 2.19 bits per heavy atom. The summed E-state index contributed by atoms with van der Waals surface area (Å²) in [5.41, 5.74) is 7.25. The summed E-state index contributed by atoms with van der Waals surface area (Å²) < 4.78 is 1.29. The van der Waals surface area contributed by atoms with Gasteiger partial charge >= 0.3 is 0 Å². The van der Waals surface area contributed by atoms with E-state index in [0.29, 0.717) is 6.54 Å². The summed E-state index contributed by atoms with van der Waals surface area (Å²) in [7, 11) is 1.91. The average Bonchev–Trinajstić information content (AvgIpc) is 2.90. The monoisotopic (exact) mass is 302 g/mol. The van der Waals surface area contributed by atoms with Crippen LogP contribution in [0.4, 0.5) is 0 Å². The number of hydrogen-bond donors (Lipinski definition) is 1. The number of benzene rings is 1. The van der Waals surface area contributed by atoms with E-state index in [2.05, 4.69) is 29.6 Å². The highest BCUT2D eigenvalue weighted by Crippen LogP contribution is 2.28. The molecule has 1 aromatic heterocycles. The van der Waals surface area contributed by atoms with Crippen LogP contribution in [0.25, 0.3) is 10.1 Å². The Morgan fingerprint density at radius 3 is 3.00 bits per heavy atom. The van der Waals surface area contributed by atoms with Crippen molar-refractivity contribution < 1.29 is 4.79 Å². The first-order valence-corrected chi connectivity index (χ1v) is 8.49. The van der Waals surface area contributed by atoms with E-state index in [1.165, 1.54) is 15.6 Å². The minimum atomic E-state index is 0.114. The predicted molar refractivity (Wildman–Crippen MR) is 88.2 cm³/mol. The third-order valence-electron chi connectivity index (χ3n) is 4.41. The Hall–Kier alpha value is -1.39. The lowest BCUT2D eigenvalue weighted by Gasteiger charge is -2.29. The van der Waals surface area contributed by atoms with E-state index in [4.69, 9.17) is 5.73 Å². The molecule has 2 N–H and O–H groups in total. The summed E-state index contributed by atoms with van der Waals surface area (Å²) in [5, 5.41) is 3.43. The molecule has 2 aromatic rings. The Morgan fingerprint density at radius 1 is 1.38 bits per heavy atom. The van der Waals surface area contributed by atoms with Crippen molar-refractivity contribution in [2.75, 3.05) is 7.05 Å². The van der Waals surface area contributed by atoms with Gasteiger partial charge in [-0.05, 0) is 41.7 Å². The van der Waals surface area contributed by atoms with Crippen LogP contribution in [0.3, 0.4) is 0 Å². The molecular formula is C17H22N2OS. The van der Waals surface area contributed by atoms with Gasteiger partial charge in [-0.15, -0.1) is 11.3 Å². The lowest BCUT2D eigenvalue weighted by atomic mass is 9.85. The van der Waals surface area contributed by atoms with Crippen LogP contribution >= 0.6 is 11.3 Å². The van der Waals surface area contributed by atoms with Gasteiger partial charge in [0.1, 0.15) is 0 Å². The summed E-state index contributed by atoms with van der Waals surface area (Å²) in [4.78, 5) is 14.5. The first-order valence-electron chi connectivity index (χ1n) is 7.61. The van der Waals surface area contributed by atoms with Crippen LogP contribution in [0.5, 0.6) is 0 Å². The quantitative estimate of drug-likeness (QED) is 0.945. The highest BCUT2D eigenvalue weighted by Gasteiger charge is 2.27. The predicted octanol–water partition coefficient (Wildman–Crippen LogP) is 3.38. The maximum Gasteiger partial charge on any atom is 0.225 e. The van der Waals surface area contributed by atoms with Crippen molar-refractivity contribution in [2.24, 2.45) is 11.7 Å². The zero-order valence-electron chi connectivity index (χ0n) is 12.4. The second kappa shape index (κ2) is 6.16. The van der Waals surface area contributed by atoms with Crippen molar-refractivity contribution in [2.45, 2.75) is 38.3 Å². The minimum absolute atomic E-state index is 0.114. The molecule has 0 radical (unpaired) electrons. The molecule has 1 aliphatic rings. The molecule has 1 heterocycles. The molecule has 4 heteroatoms. The molecule has 1 saturated carbocycles. The topological polar surface area (TPSA) is 46.3 Å². The Kier molecular flexibility index (Phi) is 4.27. The van der Waals surface area contributed by atoms with E-state index < -0.39 is 0 Å². The maximum absolute atomic E-state index is 12.6. The second-order valence-corrected chi connectivity index (χ2v) is 6.99. The van der Waals surface area contributed by atoms with E-state index in [9.17, 15) is 4.79 Å². The lowest BCUT2D eigenvalue weighted by Crippen LogP contribution is -2.38. The minimum Gasteiger partial charge on any atom is -0.341 e. The smallest absolute Gasteiger partial charge is 0.225 e. The van der Waals surface area contributed by atoms with Gasteiger partial charge in [0.2, 0.25) is 5.91 Å². The van der Waals surface area contributed by atoms with Gasteiger partial charge in [-0.25, -0.2) is 0 Å². The molecule has 0 saturated heterocycles. The van der Waals surface area contributed by atoms with Gasteiger partial charge in [0.15, 0.2) is 0 Å². The summed E-state index contributed by atoms with van der Waals surface area (Å²) in [6.45, 7) is 0.689. The number of carbonyl (C=O) groups is 1. The number of carbonyl (C=O) groups excluding carboxylic acids is 1. The SMILES string of the molecule is CN(Cc1csc2ccccc12)C(=O)C1CCCC(N)C1. The van der Waals surface area contributed by atoms with Gasteiger partial charge in [0, 0.05) is 30.3 Å². The van der Waals surface area contributed by atoms with E-state index >= 15 is 0 Å². The highest BCUT2D eigenvalue weighted by molar-refractivity contribution is 7.17. The van der Waals surface area contributed by atoms with Crippen LogP contribution in [0.1, 0.15) is 31.2 Å². The van der Waals surface area contributed by atoms with Gasteiger partial charge in [0.05, 0.1) is 0 Å². The van der Waals surface area contributed by atoms with Gasteiger partial charge in [-0.2, -0.15) is 0 Å². The fourth-order valence-corrected chi connectivity index (χ4v) is 4.21. The van der Waals surface area contributed by atoms with Crippen molar-refractivity contribution in [1.82, 2.24) is 4.90 Å². The molecule has 1 aliphatic carbocycles. The zero-order chi connectivity index (χ0) is 14.8. The van der Waals surface area contributed by atoms with Crippen molar-refractivity contribution in [3.63, 3.8) is 0 Å². The van der Waals surface area contributed by atoms with Crippen LogP contribution in [0.2, 0.25) is 0 Å². The van der Waals surface area contributed by atoms with Crippen LogP contribution < -0.4 is 5.73 Å². The number of rotatable bonds is 3. The van der Waals surface area contributed by atoms with Crippen molar-refractivity contribution in [1.29, 1.82) is 0 Å². The first-order chi connectivity index (χ1) is 10.1. The number of nitrogens with zero attached hydrogens (tertiary/aromatic N) is 1. The summed E-state index contributed by atoms with van der Waals surface area (Å²) in [6, 6.07) is 8.58. The molecule has 2 unspecified atom stereocenters. The number of amides is 1. The fraction of sp³-hybridized carbons (Fsp3) is 0.471. The molecule has 0 bridgehead atoms. The van der Waals surface area contributed by atoms with Gasteiger partial charge in [-0.3, -0.25) is 4.79 Å². The molecule has 1 fully saturated rings. The van der Waals surface area contributed by atoms with E-state index in [1.54, 1.807) is 11.3 Å². The van der Waals surface area contributed by atoms with Crippen molar-refractivity contribution >= 4 is 27.3 Å². The number of hydrogen-bond acceptors (Lipinski definition) is 3. The van der Waals surface area contributed by atoms with Gasteiger partial charge < -0.3 is 10.6 Å². The zero-order valence-corrected chi connectivity index (χ0v) is 13.2. The van der Waals surface area contributed by atoms with Crippen LogP contribution in [0, 0.1) is 5.92 Å². The van der Waals surface area contributed by atoms with Crippen molar-refractivity contribution in [3.8, 4) is 0 Å².